The first kappa shape index (κ1) is 21.8. The summed E-state index contributed by atoms with van der Waals surface area (Å²) in [4.78, 5) is 0. The molecular formula is C24H29BrNP. The van der Waals surface area contributed by atoms with E-state index in [9.17, 15) is 0 Å². The van der Waals surface area contributed by atoms with Crippen molar-refractivity contribution in [3.8, 4) is 0 Å². The Morgan fingerprint density at radius 2 is 0.926 bits per heavy atom. The van der Waals surface area contributed by atoms with Crippen LogP contribution in [0.25, 0.3) is 0 Å². The minimum Gasteiger partial charge on any atom is -1.00 e. The third kappa shape index (κ3) is 4.19. The number of hydrogen-bond acceptors (Lipinski definition) is 1. The quantitative estimate of drug-likeness (QED) is 0.547. The first-order valence-electron chi connectivity index (χ1n) is 9.35. The van der Waals surface area contributed by atoms with E-state index in [1.54, 1.807) is 0 Å². The van der Waals surface area contributed by atoms with Gasteiger partial charge < -0.3 is 17.0 Å². The summed E-state index contributed by atoms with van der Waals surface area (Å²) in [6.07, 6.45) is 0. The highest BCUT2D eigenvalue weighted by Gasteiger charge is 2.54. The van der Waals surface area contributed by atoms with Gasteiger partial charge in [0.1, 0.15) is 15.9 Å². The Kier molecular flexibility index (Phi) is 7.40. The molecule has 0 unspecified atom stereocenters. The summed E-state index contributed by atoms with van der Waals surface area (Å²) < 4.78 is 2.72. The summed E-state index contributed by atoms with van der Waals surface area (Å²) in [5, 5.41) is 4.23. The molecule has 3 aromatic rings. The molecule has 0 aliphatic rings. The van der Waals surface area contributed by atoms with Gasteiger partial charge in [-0.25, -0.2) is 0 Å². The average molecular weight is 442 g/mol. The van der Waals surface area contributed by atoms with Gasteiger partial charge in [-0.15, -0.1) is 0 Å². The standard InChI is InChI=1S/C24H29NP.BrH/c1-5-25(24(2,3)4)26(21-15-9-6-10-16-21,22-17-11-7-12-18-22)23-19-13-8-14-20-23;/h6-20H,5H2,1-4H3;1H/q+1;/p-1. The largest absolute Gasteiger partial charge is 1.00 e. The molecule has 0 bridgehead atoms. The molecule has 0 N–H and O–H groups in total. The fraction of sp³-hybridized carbons (Fsp3) is 0.250. The van der Waals surface area contributed by atoms with E-state index < -0.39 is 7.41 Å². The predicted molar refractivity (Wildman–Crippen MR) is 117 cm³/mol. The molecule has 3 aromatic carbocycles. The first-order valence-corrected chi connectivity index (χ1v) is 11.1. The zero-order chi connectivity index (χ0) is 18.6. The molecule has 0 aliphatic heterocycles. The third-order valence-electron chi connectivity index (χ3n) is 4.83. The molecule has 1 nitrogen and oxygen atoms in total. The zero-order valence-electron chi connectivity index (χ0n) is 16.6. The summed E-state index contributed by atoms with van der Waals surface area (Å²) in [7, 11) is -1.95. The molecule has 27 heavy (non-hydrogen) atoms. The van der Waals surface area contributed by atoms with Crippen LogP contribution in [0.4, 0.5) is 0 Å². The van der Waals surface area contributed by atoms with Gasteiger partial charge in [-0.2, -0.15) is 4.67 Å². The molecule has 3 rings (SSSR count). The van der Waals surface area contributed by atoms with Gasteiger partial charge in [-0.3, -0.25) is 0 Å². The summed E-state index contributed by atoms with van der Waals surface area (Å²) in [6.45, 7) is 10.3. The van der Waals surface area contributed by atoms with E-state index in [0.29, 0.717) is 0 Å². The highest BCUT2D eigenvalue weighted by molar-refractivity contribution is 7.93. The molecule has 0 aliphatic carbocycles. The van der Waals surface area contributed by atoms with E-state index in [1.807, 2.05) is 0 Å². The Morgan fingerprint density at radius 1 is 0.630 bits per heavy atom. The van der Waals surface area contributed by atoms with Crippen molar-refractivity contribution in [3.63, 3.8) is 0 Å². The van der Waals surface area contributed by atoms with E-state index in [4.69, 9.17) is 0 Å². The topological polar surface area (TPSA) is 3.24 Å². The van der Waals surface area contributed by atoms with Crippen LogP contribution in [0.2, 0.25) is 0 Å². The molecule has 0 spiro atoms. The Morgan fingerprint density at radius 3 is 1.15 bits per heavy atom. The lowest BCUT2D eigenvalue weighted by atomic mass is 10.1. The van der Waals surface area contributed by atoms with Crippen LogP contribution in [0.15, 0.2) is 91.0 Å². The molecule has 0 heterocycles. The number of benzene rings is 3. The van der Waals surface area contributed by atoms with Gasteiger partial charge >= 0.3 is 0 Å². The Bertz CT molecular complexity index is 717. The van der Waals surface area contributed by atoms with Crippen molar-refractivity contribution in [2.24, 2.45) is 0 Å². The van der Waals surface area contributed by atoms with Crippen molar-refractivity contribution in [2.45, 2.75) is 33.2 Å². The van der Waals surface area contributed by atoms with Crippen molar-refractivity contribution >= 4 is 23.3 Å². The predicted octanol–water partition coefficient (Wildman–Crippen LogP) is 2.02. The first-order chi connectivity index (χ1) is 12.5. The van der Waals surface area contributed by atoms with E-state index in [-0.39, 0.29) is 22.5 Å². The fourth-order valence-corrected chi connectivity index (χ4v) is 8.80. The third-order valence-corrected chi connectivity index (χ3v) is 9.57. The molecule has 0 radical (unpaired) electrons. The lowest BCUT2D eigenvalue weighted by molar-refractivity contribution is -0.00000637. The molecule has 0 saturated carbocycles. The van der Waals surface area contributed by atoms with Crippen LogP contribution in [0, 0.1) is 0 Å². The molecular weight excluding hydrogens is 413 g/mol. The highest BCUT2D eigenvalue weighted by Crippen LogP contribution is 2.61. The van der Waals surface area contributed by atoms with E-state index in [2.05, 4.69) is 123 Å². The van der Waals surface area contributed by atoms with Gasteiger partial charge in [0, 0.05) is 12.1 Å². The van der Waals surface area contributed by atoms with Crippen molar-refractivity contribution < 1.29 is 17.0 Å². The number of halogens is 1. The van der Waals surface area contributed by atoms with Crippen LogP contribution in [0.5, 0.6) is 0 Å². The smallest absolute Gasteiger partial charge is 0.181 e. The van der Waals surface area contributed by atoms with Crippen LogP contribution >= 0.6 is 7.41 Å². The summed E-state index contributed by atoms with van der Waals surface area (Å²) >= 11 is 0. The molecule has 3 heteroatoms. The monoisotopic (exact) mass is 441 g/mol. The molecule has 0 aromatic heterocycles. The Balaban J connectivity index is 0.00000261. The number of rotatable bonds is 5. The van der Waals surface area contributed by atoms with Gasteiger partial charge in [0.05, 0.1) is 0 Å². The Hall–Kier alpha value is -1.47. The van der Waals surface area contributed by atoms with Crippen LogP contribution in [0.1, 0.15) is 27.7 Å². The second-order valence-corrected chi connectivity index (χ2v) is 10.8. The maximum absolute atomic E-state index is 2.72. The lowest BCUT2D eigenvalue weighted by Crippen LogP contribution is -3.00. The molecule has 0 fully saturated rings. The van der Waals surface area contributed by atoms with E-state index in [0.717, 1.165) is 6.54 Å². The summed E-state index contributed by atoms with van der Waals surface area (Å²) in [5.74, 6) is 0. The van der Waals surface area contributed by atoms with E-state index >= 15 is 0 Å². The van der Waals surface area contributed by atoms with Gasteiger partial charge in [0.2, 0.25) is 0 Å². The summed E-state index contributed by atoms with van der Waals surface area (Å²) in [5.41, 5.74) is 0.0457. The van der Waals surface area contributed by atoms with Gasteiger partial charge in [-0.1, -0.05) is 54.6 Å². The average Bonchev–Trinajstić information content (AvgIpc) is 2.67. The summed E-state index contributed by atoms with van der Waals surface area (Å²) in [6, 6.07) is 33.2. The second kappa shape index (κ2) is 9.15. The number of hydrogen-bond donors (Lipinski definition) is 0. The van der Waals surface area contributed by atoms with Crippen LogP contribution in [0.3, 0.4) is 0 Å². The fourth-order valence-electron chi connectivity index (χ4n) is 3.93. The van der Waals surface area contributed by atoms with Crippen molar-refractivity contribution in [3.05, 3.63) is 91.0 Å². The minimum absolute atomic E-state index is 0. The van der Waals surface area contributed by atoms with Crippen molar-refractivity contribution in [1.29, 1.82) is 0 Å². The normalized spacial score (nSPS) is 11.9. The number of nitrogens with zero attached hydrogens (tertiary/aromatic N) is 1. The SMILES string of the molecule is CCN(C(C)(C)C)[P+](c1ccccc1)(c1ccccc1)c1ccccc1.[Br-]. The molecule has 0 amide bonds. The lowest BCUT2D eigenvalue weighted by Gasteiger charge is -2.43. The van der Waals surface area contributed by atoms with Crippen LogP contribution in [-0.2, 0) is 0 Å². The van der Waals surface area contributed by atoms with Crippen LogP contribution < -0.4 is 32.9 Å². The maximum Gasteiger partial charge on any atom is 0.181 e. The van der Waals surface area contributed by atoms with E-state index in [1.165, 1.54) is 15.9 Å². The zero-order valence-corrected chi connectivity index (χ0v) is 19.1. The van der Waals surface area contributed by atoms with Gasteiger partial charge in [-0.05, 0) is 64.1 Å². The van der Waals surface area contributed by atoms with Gasteiger partial charge in [0.25, 0.3) is 0 Å². The Labute approximate surface area is 175 Å². The highest BCUT2D eigenvalue weighted by atomic mass is 79.9. The molecule has 142 valence electrons. The minimum atomic E-state index is -1.95. The van der Waals surface area contributed by atoms with Crippen molar-refractivity contribution in [2.75, 3.05) is 6.54 Å². The second-order valence-electron chi connectivity index (χ2n) is 7.53. The van der Waals surface area contributed by atoms with Gasteiger partial charge in [0.15, 0.2) is 7.41 Å². The van der Waals surface area contributed by atoms with Crippen molar-refractivity contribution in [1.82, 2.24) is 4.67 Å². The molecule has 0 saturated heterocycles. The van der Waals surface area contributed by atoms with Crippen LogP contribution in [-0.4, -0.2) is 16.8 Å². The maximum atomic E-state index is 2.72. The molecule has 0 atom stereocenters.